The molecule has 112 valence electrons. The van der Waals surface area contributed by atoms with Crippen molar-refractivity contribution in [3.05, 3.63) is 31.9 Å². The number of aryl methyl sites for hydroxylation is 1. The molecule has 3 rings (SSSR count). The molecule has 9 heteroatoms. The molecule has 1 amide bonds. The number of hydrazine groups is 1. The van der Waals surface area contributed by atoms with Crippen LogP contribution in [0.1, 0.15) is 39.0 Å². The number of hydrogen-bond donors (Lipinski definition) is 3. The van der Waals surface area contributed by atoms with E-state index in [2.05, 4.69) is 15.6 Å². The van der Waals surface area contributed by atoms with E-state index in [4.69, 9.17) is 5.84 Å². The average Bonchev–Trinajstić information content (AvgIpc) is 3.14. The topological polar surface area (TPSA) is 106 Å². The van der Waals surface area contributed by atoms with Crippen molar-refractivity contribution in [2.24, 2.45) is 5.84 Å². The van der Waals surface area contributed by atoms with Crippen molar-refractivity contribution in [1.82, 2.24) is 20.2 Å². The number of aromatic amines is 1. The molecule has 1 aliphatic carbocycles. The molecule has 1 aliphatic rings. The van der Waals surface area contributed by atoms with Crippen LogP contribution in [-0.2, 0) is 5.75 Å². The summed E-state index contributed by atoms with van der Waals surface area (Å²) in [4.78, 5) is 24.9. The lowest BCUT2D eigenvalue weighted by molar-refractivity contribution is 0.0957. The Balaban J connectivity index is 1.75. The van der Waals surface area contributed by atoms with Crippen LogP contribution in [0.2, 0.25) is 0 Å². The smallest absolute Gasteiger partial charge is 0.289 e. The summed E-state index contributed by atoms with van der Waals surface area (Å²) in [5, 5.41) is 7.28. The molecule has 0 atom stereocenters. The number of thioether (sulfide) groups is 1. The second kappa shape index (κ2) is 5.66. The molecule has 1 fully saturated rings. The van der Waals surface area contributed by atoms with E-state index in [1.807, 2.05) is 13.0 Å². The number of amides is 1. The summed E-state index contributed by atoms with van der Waals surface area (Å²) < 4.78 is 1.72. The van der Waals surface area contributed by atoms with Gasteiger partial charge < -0.3 is 0 Å². The van der Waals surface area contributed by atoms with Gasteiger partial charge in [0.2, 0.25) is 0 Å². The molecule has 2 heterocycles. The van der Waals surface area contributed by atoms with Gasteiger partial charge in [0.05, 0.1) is 4.88 Å². The second-order valence-corrected chi connectivity index (χ2v) is 7.07. The maximum Gasteiger partial charge on any atom is 0.344 e. The zero-order chi connectivity index (χ0) is 15.0. The molecule has 0 aliphatic heterocycles. The van der Waals surface area contributed by atoms with Gasteiger partial charge in [0.1, 0.15) is 0 Å². The van der Waals surface area contributed by atoms with Crippen molar-refractivity contribution in [2.75, 3.05) is 0 Å². The first-order valence-electron chi connectivity index (χ1n) is 6.50. The van der Waals surface area contributed by atoms with Crippen LogP contribution in [0.15, 0.2) is 16.0 Å². The number of carbonyl (C=O) groups excluding carboxylic acids is 1. The molecule has 2 aromatic heterocycles. The predicted octanol–water partition coefficient (Wildman–Crippen LogP) is 1.17. The summed E-state index contributed by atoms with van der Waals surface area (Å²) in [6, 6.07) is 2.13. The third kappa shape index (κ3) is 2.89. The molecular formula is C12H15N5O2S2. The molecule has 1 saturated carbocycles. The fourth-order valence-electron chi connectivity index (χ4n) is 2.04. The van der Waals surface area contributed by atoms with Crippen LogP contribution < -0.4 is 17.0 Å². The molecule has 0 saturated heterocycles. The van der Waals surface area contributed by atoms with Gasteiger partial charge in [-0.15, -0.1) is 16.4 Å². The van der Waals surface area contributed by atoms with E-state index in [9.17, 15) is 9.59 Å². The third-order valence-electron chi connectivity index (χ3n) is 3.32. The largest absolute Gasteiger partial charge is 0.344 e. The van der Waals surface area contributed by atoms with Crippen LogP contribution >= 0.6 is 23.1 Å². The lowest BCUT2D eigenvalue weighted by Crippen LogP contribution is -2.29. The minimum atomic E-state index is -0.283. The van der Waals surface area contributed by atoms with Gasteiger partial charge in [-0.25, -0.2) is 15.7 Å². The molecule has 2 aromatic rings. The van der Waals surface area contributed by atoms with Crippen LogP contribution in [0.4, 0.5) is 0 Å². The summed E-state index contributed by atoms with van der Waals surface area (Å²) in [5.41, 5.74) is 3.04. The molecule has 0 radical (unpaired) electrons. The average molecular weight is 325 g/mol. The standard InChI is InChI=1S/C12H15N5O2S2/c1-6-7(4-9(21-6)10(18)14-13)5-20-12-16-15-11(19)17(12)8-2-3-8/h4,8H,2-3,5,13H2,1H3,(H,14,18)(H,15,19). The molecule has 21 heavy (non-hydrogen) atoms. The number of nitrogens with zero attached hydrogens (tertiary/aromatic N) is 2. The number of nitrogens with two attached hydrogens (primary N) is 1. The van der Waals surface area contributed by atoms with E-state index in [0.29, 0.717) is 21.8 Å². The molecule has 0 bridgehead atoms. The Kier molecular flexibility index (Phi) is 3.87. The van der Waals surface area contributed by atoms with Crippen LogP contribution in [0.3, 0.4) is 0 Å². The highest BCUT2D eigenvalue weighted by Gasteiger charge is 2.28. The fraction of sp³-hybridized carbons (Fsp3) is 0.417. The number of nitrogen functional groups attached to an aromatic ring is 1. The number of thiophene rings is 1. The van der Waals surface area contributed by atoms with Crippen molar-refractivity contribution in [2.45, 2.75) is 36.7 Å². The Morgan fingerprint density at radius 1 is 1.67 bits per heavy atom. The molecule has 0 unspecified atom stereocenters. The van der Waals surface area contributed by atoms with E-state index in [1.54, 1.807) is 4.57 Å². The Bertz CT molecular complexity index is 728. The molecule has 0 spiro atoms. The zero-order valence-corrected chi connectivity index (χ0v) is 13.0. The predicted molar refractivity (Wildman–Crippen MR) is 81.4 cm³/mol. The van der Waals surface area contributed by atoms with Gasteiger partial charge in [0.15, 0.2) is 5.16 Å². The number of carbonyl (C=O) groups is 1. The Morgan fingerprint density at radius 2 is 2.43 bits per heavy atom. The summed E-state index contributed by atoms with van der Waals surface area (Å²) in [5.74, 6) is 5.52. The minimum Gasteiger partial charge on any atom is -0.289 e. The normalized spacial score (nSPS) is 14.4. The van der Waals surface area contributed by atoms with E-state index in [1.165, 1.54) is 23.1 Å². The summed E-state index contributed by atoms with van der Waals surface area (Å²) in [7, 11) is 0. The Morgan fingerprint density at radius 3 is 3.10 bits per heavy atom. The lowest BCUT2D eigenvalue weighted by Gasteiger charge is -2.02. The van der Waals surface area contributed by atoms with Crippen molar-refractivity contribution in [1.29, 1.82) is 0 Å². The second-order valence-electron chi connectivity index (χ2n) is 4.87. The van der Waals surface area contributed by atoms with Crippen LogP contribution in [0, 0.1) is 6.92 Å². The van der Waals surface area contributed by atoms with Crippen LogP contribution in [-0.4, -0.2) is 20.7 Å². The van der Waals surface area contributed by atoms with Gasteiger partial charge in [-0.2, -0.15) is 0 Å². The highest BCUT2D eigenvalue weighted by atomic mass is 32.2. The van der Waals surface area contributed by atoms with Gasteiger partial charge >= 0.3 is 5.69 Å². The van der Waals surface area contributed by atoms with E-state index >= 15 is 0 Å². The number of hydrogen-bond acceptors (Lipinski definition) is 6. The molecular weight excluding hydrogens is 310 g/mol. The maximum absolute atomic E-state index is 11.7. The van der Waals surface area contributed by atoms with E-state index in [0.717, 1.165) is 23.3 Å². The van der Waals surface area contributed by atoms with Gasteiger partial charge in [0.25, 0.3) is 5.91 Å². The third-order valence-corrected chi connectivity index (χ3v) is 5.41. The molecule has 0 aromatic carbocycles. The van der Waals surface area contributed by atoms with Gasteiger partial charge in [0, 0.05) is 16.7 Å². The Hall–Kier alpha value is -1.58. The monoisotopic (exact) mass is 325 g/mol. The van der Waals surface area contributed by atoms with Gasteiger partial charge in [-0.1, -0.05) is 11.8 Å². The Labute approximate surface area is 128 Å². The van der Waals surface area contributed by atoms with Gasteiger partial charge in [-0.05, 0) is 31.4 Å². The van der Waals surface area contributed by atoms with E-state index < -0.39 is 0 Å². The van der Waals surface area contributed by atoms with Crippen molar-refractivity contribution >= 4 is 29.0 Å². The van der Waals surface area contributed by atoms with Crippen molar-refractivity contribution in [3.8, 4) is 0 Å². The number of aromatic nitrogens is 3. The van der Waals surface area contributed by atoms with Crippen molar-refractivity contribution in [3.63, 3.8) is 0 Å². The number of rotatable bonds is 5. The van der Waals surface area contributed by atoms with Crippen molar-refractivity contribution < 1.29 is 4.79 Å². The highest BCUT2D eigenvalue weighted by molar-refractivity contribution is 7.98. The van der Waals surface area contributed by atoms with E-state index in [-0.39, 0.29) is 11.6 Å². The minimum absolute atomic E-state index is 0.148. The summed E-state index contributed by atoms with van der Waals surface area (Å²) in [6.07, 6.45) is 2.07. The summed E-state index contributed by atoms with van der Waals surface area (Å²) >= 11 is 2.91. The number of nitrogens with one attached hydrogen (secondary N) is 2. The zero-order valence-electron chi connectivity index (χ0n) is 11.4. The fourth-order valence-corrected chi connectivity index (χ4v) is 4.14. The molecule has 4 N–H and O–H groups in total. The lowest BCUT2D eigenvalue weighted by atomic mass is 10.3. The van der Waals surface area contributed by atoms with Crippen LogP contribution in [0.5, 0.6) is 0 Å². The highest BCUT2D eigenvalue weighted by Crippen LogP contribution is 2.37. The summed E-state index contributed by atoms with van der Waals surface area (Å²) in [6.45, 7) is 1.96. The molecule has 7 nitrogen and oxygen atoms in total. The number of H-pyrrole nitrogens is 1. The first-order chi connectivity index (χ1) is 10.1. The van der Waals surface area contributed by atoms with Crippen LogP contribution in [0.25, 0.3) is 0 Å². The SMILES string of the molecule is Cc1sc(C(=O)NN)cc1CSc1n[nH]c(=O)n1C1CC1. The maximum atomic E-state index is 11.7. The first-order valence-corrected chi connectivity index (χ1v) is 8.30. The quantitative estimate of drug-likeness (QED) is 0.331. The van der Waals surface area contributed by atoms with Gasteiger partial charge in [-0.3, -0.25) is 14.8 Å². The first kappa shape index (κ1) is 14.4.